The Morgan fingerprint density at radius 2 is 2.10 bits per heavy atom. The molecular weight excluding hydrogens is 292 g/mol. The molecule has 0 radical (unpaired) electrons. The Labute approximate surface area is 127 Å². The first-order chi connectivity index (χ1) is 10.2. The van der Waals surface area contributed by atoms with E-state index in [2.05, 4.69) is 9.97 Å². The van der Waals surface area contributed by atoms with Crippen molar-refractivity contribution in [3.8, 4) is 5.75 Å². The first kappa shape index (κ1) is 15.3. The standard InChI is InChI=1S/C14H17ClN4O2/c1-21-11-5-3-10(4-6-11)19(8-2-7-16)13-12(15)14(20)18-9-17-13/h3-6,9H,2,7-8,16H2,1H3,(H,17,18,20). The molecule has 2 aromatic rings. The number of nitrogens with one attached hydrogen (secondary N) is 1. The molecule has 0 aliphatic carbocycles. The van der Waals surface area contributed by atoms with Gasteiger partial charge in [-0.3, -0.25) is 4.79 Å². The number of hydrogen-bond acceptors (Lipinski definition) is 5. The van der Waals surface area contributed by atoms with Gasteiger partial charge in [-0.25, -0.2) is 4.98 Å². The van der Waals surface area contributed by atoms with Gasteiger partial charge in [0.15, 0.2) is 5.82 Å². The molecule has 0 amide bonds. The lowest BCUT2D eigenvalue weighted by atomic mass is 10.2. The predicted molar refractivity (Wildman–Crippen MR) is 83.5 cm³/mol. The van der Waals surface area contributed by atoms with Crippen LogP contribution in [0.2, 0.25) is 5.02 Å². The summed E-state index contributed by atoms with van der Waals surface area (Å²) in [7, 11) is 1.61. The molecule has 0 saturated carbocycles. The summed E-state index contributed by atoms with van der Waals surface area (Å²) in [5, 5.41) is 0.0605. The number of rotatable bonds is 6. The van der Waals surface area contributed by atoms with E-state index < -0.39 is 0 Å². The largest absolute Gasteiger partial charge is 0.497 e. The van der Waals surface area contributed by atoms with Crippen LogP contribution in [0, 0.1) is 0 Å². The van der Waals surface area contributed by atoms with Crippen LogP contribution in [0.1, 0.15) is 6.42 Å². The third-order valence-electron chi connectivity index (χ3n) is 3.00. The van der Waals surface area contributed by atoms with E-state index in [1.165, 1.54) is 6.33 Å². The van der Waals surface area contributed by atoms with Crippen LogP contribution in [0.4, 0.5) is 11.5 Å². The molecule has 1 aromatic heterocycles. The Hall–Kier alpha value is -2.05. The van der Waals surface area contributed by atoms with Crippen LogP contribution in [0.15, 0.2) is 35.4 Å². The Morgan fingerprint density at radius 3 is 2.71 bits per heavy atom. The number of hydrogen-bond donors (Lipinski definition) is 2. The third kappa shape index (κ3) is 3.53. The molecule has 21 heavy (non-hydrogen) atoms. The summed E-state index contributed by atoms with van der Waals surface area (Å²) >= 11 is 6.07. The molecule has 6 nitrogen and oxygen atoms in total. The SMILES string of the molecule is COc1ccc(N(CCCN)c2nc[nH]c(=O)c2Cl)cc1. The topological polar surface area (TPSA) is 84.2 Å². The first-order valence-electron chi connectivity index (χ1n) is 6.52. The highest BCUT2D eigenvalue weighted by atomic mass is 35.5. The fourth-order valence-electron chi connectivity index (χ4n) is 1.93. The maximum absolute atomic E-state index is 11.7. The Morgan fingerprint density at radius 1 is 1.38 bits per heavy atom. The minimum Gasteiger partial charge on any atom is -0.497 e. The van der Waals surface area contributed by atoms with Gasteiger partial charge in [-0.05, 0) is 37.2 Å². The van der Waals surface area contributed by atoms with E-state index in [1.54, 1.807) is 7.11 Å². The van der Waals surface area contributed by atoms with Crippen molar-refractivity contribution in [2.45, 2.75) is 6.42 Å². The Kier molecular flexibility index (Phi) is 5.19. The fourth-order valence-corrected chi connectivity index (χ4v) is 2.14. The first-order valence-corrected chi connectivity index (χ1v) is 6.90. The maximum Gasteiger partial charge on any atom is 0.271 e. The quantitative estimate of drug-likeness (QED) is 0.851. The minimum atomic E-state index is -0.368. The van der Waals surface area contributed by atoms with Gasteiger partial charge in [0.25, 0.3) is 5.56 Å². The van der Waals surface area contributed by atoms with Crippen LogP contribution < -0.4 is 20.9 Å². The number of benzene rings is 1. The van der Waals surface area contributed by atoms with Gasteiger partial charge >= 0.3 is 0 Å². The van der Waals surface area contributed by atoms with Gasteiger partial charge in [0.05, 0.1) is 13.4 Å². The number of aromatic nitrogens is 2. The highest BCUT2D eigenvalue weighted by Gasteiger charge is 2.16. The zero-order valence-corrected chi connectivity index (χ0v) is 12.4. The number of nitrogens with two attached hydrogens (primary N) is 1. The zero-order valence-electron chi connectivity index (χ0n) is 11.7. The van der Waals surface area contributed by atoms with Crippen molar-refractivity contribution in [2.24, 2.45) is 5.73 Å². The van der Waals surface area contributed by atoms with E-state index in [-0.39, 0.29) is 10.6 Å². The molecule has 112 valence electrons. The molecule has 0 unspecified atom stereocenters. The number of halogens is 1. The lowest BCUT2D eigenvalue weighted by molar-refractivity contribution is 0.415. The average molecular weight is 309 g/mol. The van der Waals surface area contributed by atoms with Crippen LogP contribution in [0.3, 0.4) is 0 Å². The van der Waals surface area contributed by atoms with Gasteiger partial charge in [-0.15, -0.1) is 0 Å². The summed E-state index contributed by atoms with van der Waals surface area (Å²) in [6.45, 7) is 1.15. The van der Waals surface area contributed by atoms with Gasteiger partial charge in [0.2, 0.25) is 0 Å². The average Bonchev–Trinajstić information content (AvgIpc) is 2.52. The second-order valence-corrected chi connectivity index (χ2v) is 4.74. The second kappa shape index (κ2) is 7.10. The molecule has 3 N–H and O–H groups in total. The maximum atomic E-state index is 11.7. The molecular formula is C14H17ClN4O2. The molecule has 0 aliphatic heterocycles. The third-order valence-corrected chi connectivity index (χ3v) is 3.34. The van der Waals surface area contributed by atoms with Crippen molar-refractivity contribution in [1.82, 2.24) is 9.97 Å². The van der Waals surface area contributed by atoms with E-state index in [0.717, 1.165) is 17.9 Å². The summed E-state index contributed by atoms with van der Waals surface area (Å²) in [5.41, 5.74) is 6.08. The van der Waals surface area contributed by atoms with E-state index >= 15 is 0 Å². The van der Waals surface area contributed by atoms with Crippen LogP contribution in [0.25, 0.3) is 0 Å². The van der Waals surface area contributed by atoms with Crippen LogP contribution in [0.5, 0.6) is 5.75 Å². The summed E-state index contributed by atoms with van der Waals surface area (Å²) < 4.78 is 5.14. The summed E-state index contributed by atoms with van der Waals surface area (Å²) in [6.07, 6.45) is 2.08. The Bertz CT molecular complexity index is 642. The van der Waals surface area contributed by atoms with Crippen molar-refractivity contribution in [3.63, 3.8) is 0 Å². The molecule has 2 rings (SSSR count). The van der Waals surface area contributed by atoms with Gasteiger partial charge in [0.1, 0.15) is 10.8 Å². The van der Waals surface area contributed by atoms with Gasteiger partial charge < -0.3 is 20.4 Å². The summed E-state index contributed by atoms with van der Waals surface area (Å²) in [5.74, 6) is 1.17. The van der Waals surface area contributed by atoms with Gasteiger partial charge in [-0.1, -0.05) is 11.6 Å². The molecule has 0 bridgehead atoms. The lowest BCUT2D eigenvalue weighted by Crippen LogP contribution is -2.24. The lowest BCUT2D eigenvalue weighted by Gasteiger charge is -2.24. The van der Waals surface area contributed by atoms with E-state index in [9.17, 15) is 4.79 Å². The van der Waals surface area contributed by atoms with E-state index in [4.69, 9.17) is 22.1 Å². The molecule has 1 aromatic carbocycles. The summed E-state index contributed by atoms with van der Waals surface area (Å²) in [4.78, 5) is 20.1. The normalized spacial score (nSPS) is 10.4. The van der Waals surface area contributed by atoms with Crippen LogP contribution in [-0.4, -0.2) is 30.2 Å². The monoisotopic (exact) mass is 308 g/mol. The fraction of sp³-hybridized carbons (Fsp3) is 0.286. The smallest absolute Gasteiger partial charge is 0.271 e. The van der Waals surface area contributed by atoms with Crippen molar-refractivity contribution in [1.29, 1.82) is 0 Å². The Balaban J connectivity index is 2.41. The zero-order chi connectivity index (χ0) is 15.2. The number of methoxy groups -OCH3 is 1. The van der Waals surface area contributed by atoms with Crippen molar-refractivity contribution < 1.29 is 4.74 Å². The number of anilines is 2. The highest BCUT2D eigenvalue weighted by molar-refractivity contribution is 6.32. The van der Waals surface area contributed by atoms with Crippen molar-refractivity contribution in [2.75, 3.05) is 25.1 Å². The van der Waals surface area contributed by atoms with E-state index in [0.29, 0.717) is 18.9 Å². The van der Waals surface area contributed by atoms with Gasteiger partial charge in [-0.2, -0.15) is 0 Å². The highest BCUT2D eigenvalue weighted by Crippen LogP contribution is 2.28. The minimum absolute atomic E-state index is 0.0605. The van der Waals surface area contributed by atoms with Crippen LogP contribution >= 0.6 is 11.6 Å². The predicted octanol–water partition coefficient (Wildman–Crippen LogP) is 1.92. The van der Waals surface area contributed by atoms with Gasteiger partial charge in [0, 0.05) is 12.2 Å². The molecule has 0 atom stereocenters. The number of ether oxygens (including phenoxy) is 1. The molecule has 0 saturated heterocycles. The van der Waals surface area contributed by atoms with Crippen molar-refractivity contribution >= 4 is 23.1 Å². The molecule has 0 spiro atoms. The number of H-pyrrole nitrogens is 1. The molecule has 1 heterocycles. The number of nitrogens with zero attached hydrogens (tertiary/aromatic N) is 2. The molecule has 0 fully saturated rings. The second-order valence-electron chi connectivity index (χ2n) is 4.36. The summed E-state index contributed by atoms with van der Waals surface area (Å²) in [6, 6.07) is 7.45. The van der Waals surface area contributed by atoms with E-state index in [1.807, 2.05) is 29.2 Å². The molecule has 7 heteroatoms. The van der Waals surface area contributed by atoms with Crippen molar-refractivity contribution in [3.05, 3.63) is 46.0 Å². The van der Waals surface area contributed by atoms with Crippen LogP contribution in [-0.2, 0) is 0 Å². The number of aromatic amines is 1. The molecule has 0 aliphatic rings.